The molecule has 2 rings (SSSR count). The van der Waals surface area contributed by atoms with Crippen LogP contribution in [0.25, 0.3) is 11.0 Å². The fourth-order valence-electron chi connectivity index (χ4n) is 1.76. The Morgan fingerprint density at radius 2 is 1.77 bits per heavy atom. The van der Waals surface area contributed by atoms with Gasteiger partial charge in [0.15, 0.2) is 0 Å². The van der Waals surface area contributed by atoms with Gasteiger partial charge in [-0.2, -0.15) is 0 Å². The van der Waals surface area contributed by atoms with Crippen molar-refractivity contribution in [2.24, 2.45) is 0 Å². The highest BCUT2D eigenvalue weighted by Crippen LogP contribution is 2.21. The Morgan fingerprint density at radius 1 is 1.08 bits per heavy atom. The van der Waals surface area contributed by atoms with E-state index in [9.17, 15) is 0 Å². The molecule has 1 aromatic carbocycles. The normalized spacial score (nSPS) is 10.9. The topological polar surface area (TPSA) is 13.1 Å². The van der Waals surface area contributed by atoms with Gasteiger partial charge in [0.1, 0.15) is 5.58 Å². The number of furan rings is 1. The number of hydrogen-bond donors (Lipinski definition) is 0. The summed E-state index contributed by atoms with van der Waals surface area (Å²) in [5, 5.41) is 1.22. The zero-order valence-corrected chi connectivity index (χ0v) is 8.13. The lowest BCUT2D eigenvalue weighted by atomic mass is 10.0. The summed E-state index contributed by atoms with van der Waals surface area (Å²) in [7, 11) is 0. The Bertz CT molecular complexity index is 374. The molecule has 0 N–H and O–H groups in total. The van der Waals surface area contributed by atoms with Crippen LogP contribution in [0.4, 0.5) is 0 Å². The first-order chi connectivity index (χ1) is 6.35. The van der Waals surface area contributed by atoms with E-state index in [0.29, 0.717) is 0 Å². The van der Waals surface area contributed by atoms with Gasteiger partial charge in [0.25, 0.3) is 0 Å². The van der Waals surface area contributed by atoms with Crippen molar-refractivity contribution in [3.8, 4) is 0 Å². The van der Waals surface area contributed by atoms with Gasteiger partial charge in [-0.3, -0.25) is 0 Å². The maximum Gasteiger partial charge on any atom is 0.134 e. The second-order valence-corrected chi connectivity index (χ2v) is 3.29. The van der Waals surface area contributed by atoms with Gasteiger partial charge in [0.2, 0.25) is 0 Å². The van der Waals surface area contributed by atoms with Crippen molar-refractivity contribution in [3.05, 3.63) is 35.6 Å². The molecule has 0 fully saturated rings. The molecular weight excluding hydrogens is 160 g/mol. The van der Waals surface area contributed by atoms with Crippen LogP contribution in [0.2, 0.25) is 0 Å². The molecule has 0 aliphatic carbocycles. The fraction of sp³-hybridized carbons (Fsp3) is 0.333. The van der Waals surface area contributed by atoms with Crippen LogP contribution >= 0.6 is 0 Å². The van der Waals surface area contributed by atoms with E-state index in [0.717, 1.165) is 18.4 Å². The Morgan fingerprint density at radius 3 is 2.46 bits per heavy atom. The zero-order valence-electron chi connectivity index (χ0n) is 8.13. The van der Waals surface area contributed by atoms with E-state index in [1.165, 1.54) is 16.5 Å². The summed E-state index contributed by atoms with van der Waals surface area (Å²) in [5.41, 5.74) is 3.86. The average molecular weight is 174 g/mol. The largest absolute Gasteiger partial charge is 0.464 e. The molecule has 0 unspecified atom stereocenters. The minimum absolute atomic E-state index is 1.01. The molecule has 1 aromatic heterocycles. The van der Waals surface area contributed by atoms with Crippen molar-refractivity contribution < 1.29 is 4.42 Å². The Hall–Kier alpha value is -1.24. The molecule has 1 nitrogen and oxygen atoms in total. The molecule has 2 aromatic rings. The molecular formula is C12H14O. The van der Waals surface area contributed by atoms with Crippen molar-refractivity contribution in [1.82, 2.24) is 0 Å². The number of hydrogen-bond acceptors (Lipinski definition) is 1. The van der Waals surface area contributed by atoms with Gasteiger partial charge >= 0.3 is 0 Å². The molecule has 0 amide bonds. The standard InChI is InChI=1S/C12H14O/c1-3-9-7-11-5-6-13-12(11)8-10(9)4-2/h5-8H,3-4H2,1-2H3. The monoisotopic (exact) mass is 174 g/mol. The lowest BCUT2D eigenvalue weighted by Crippen LogP contribution is -1.89. The lowest BCUT2D eigenvalue weighted by molar-refractivity contribution is 0.615. The second-order valence-electron chi connectivity index (χ2n) is 3.29. The van der Waals surface area contributed by atoms with Gasteiger partial charge in [-0.25, -0.2) is 0 Å². The molecule has 1 heterocycles. The summed E-state index contributed by atoms with van der Waals surface area (Å²) in [4.78, 5) is 0. The van der Waals surface area contributed by atoms with Crippen molar-refractivity contribution in [2.45, 2.75) is 26.7 Å². The van der Waals surface area contributed by atoms with Crippen LogP contribution in [0.5, 0.6) is 0 Å². The predicted molar refractivity (Wildman–Crippen MR) is 55.0 cm³/mol. The number of aryl methyl sites for hydroxylation is 2. The fourth-order valence-corrected chi connectivity index (χ4v) is 1.76. The van der Waals surface area contributed by atoms with Crippen molar-refractivity contribution >= 4 is 11.0 Å². The Labute approximate surface area is 78.4 Å². The van der Waals surface area contributed by atoms with Gasteiger partial charge in [-0.1, -0.05) is 13.8 Å². The molecule has 13 heavy (non-hydrogen) atoms. The third-order valence-electron chi connectivity index (χ3n) is 2.54. The second kappa shape index (κ2) is 3.25. The molecule has 68 valence electrons. The van der Waals surface area contributed by atoms with Crippen LogP contribution in [-0.4, -0.2) is 0 Å². The summed E-state index contributed by atoms with van der Waals surface area (Å²) in [6.07, 6.45) is 3.94. The highest BCUT2D eigenvalue weighted by molar-refractivity contribution is 5.78. The zero-order chi connectivity index (χ0) is 9.26. The summed E-state index contributed by atoms with van der Waals surface area (Å²) >= 11 is 0. The molecule has 0 radical (unpaired) electrons. The lowest BCUT2D eigenvalue weighted by Gasteiger charge is -2.04. The summed E-state index contributed by atoms with van der Waals surface area (Å²) in [5.74, 6) is 0. The van der Waals surface area contributed by atoms with Crippen LogP contribution in [0.3, 0.4) is 0 Å². The van der Waals surface area contributed by atoms with E-state index < -0.39 is 0 Å². The molecule has 0 bridgehead atoms. The Kier molecular flexibility index (Phi) is 2.09. The maximum absolute atomic E-state index is 5.36. The van der Waals surface area contributed by atoms with Crippen LogP contribution in [0, 0.1) is 0 Å². The highest BCUT2D eigenvalue weighted by atomic mass is 16.3. The van der Waals surface area contributed by atoms with E-state index >= 15 is 0 Å². The van der Waals surface area contributed by atoms with Gasteiger partial charge in [0.05, 0.1) is 6.26 Å². The van der Waals surface area contributed by atoms with Crippen molar-refractivity contribution in [3.63, 3.8) is 0 Å². The van der Waals surface area contributed by atoms with Gasteiger partial charge in [0, 0.05) is 5.39 Å². The molecule has 0 atom stereocenters. The van der Waals surface area contributed by atoms with E-state index in [-0.39, 0.29) is 0 Å². The van der Waals surface area contributed by atoms with Crippen molar-refractivity contribution in [1.29, 1.82) is 0 Å². The predicted octanol–water partition coefficient (Wildman–Crippen LogP) is 3.56. The first-order valence-electron chi connectivity index (χ1n) is 4.84. The number of rotatable bonds is 2. The first kappa shape index (κ1) is 8.36. The summed E-state index contributed by atoms with van der Waals surface area (Å²) in [6, 6.07) is 6.42. The van der Waals surface area contributed by atoms with Gasteiger partial charge in [-0.05, 0) is 42.2 Å². The van der Waals surface area contributed by atoms with E-state index in [2.05, 4.69) is 26.0 Å². The van der Waals surface area contributed by atoms with Gasteiger partial charge in [-0.15, -0.1) is 0 Å². The minimum Gasteiger partial charge on any atom is -0.464 e. The number of benzene rings is 1. The average Bonchev–Trinajstić information content (AvgIpc) is 2.62. The minimum atomic E-state index is 1.01. The molecule has 0 aliphatic rings. The van der Waals surface area contributed by atoms with E-state index in [1.54, 1.807) is 6.26 Å². The van der Waals surface area contributed by atoms with Crippen LogP contribution in [0.15, 0.2) is 28.9 Å². The highest BCUT2D eigenvalue weighted by Gasteiger charge is 2.03. The number of fused-ring (bicyclic) bond motifs is 1. The van der Waals surface area contributed by atoms with E-state index in [4.69, 9.17) is 4.42 Å². The molecule has 0 spiro atoms. The van der Waals surface area contributed by atoms with Crippen LogP contribution in [-0.2, 0) is 12.8 Å². The SMILES string of the molecule is CCc1cc2ccoc2cc1CC. The molecule has 0 saturated heterocycles. The quantitative estimate of drug-likeness (QED) is 0.678. The van der Waals surface area contributed by atoms with Crippen molar-refractivity contribution in [2.75, 3.05) is 0 Å². The summed E-state index contributed by atoms with van der Waals surface area (Å²) < 4.78 is 5.36. The third kappa shape index (κ3) is 1.35. The van der Waals surface area contributed by atoms with E-state index in [1.807, 2.05) is 6.07 Å². The van der Waals surface area contributed by atoms with Crippen LogP contribution in [0.1, 0.15) is 25.0 Å². The third-order valence-corrected chi connectivity index (χ3v) is 2.54. The molecule has 1 heteroatoms. The van der Waals surface area contributed by atoms with Crippen LogP contribution < -0.4 is 0 Å². The van der Waals surface area contributed by atoms with Gasteiger partial charge < -0.3 is 4.42 Å². The molecule has 0 aliphatic heterocycles. The maximum atomic E-state index is 5.36. The smallest absolute Gasteiger partial charge is 0.134 e. The first-order valence-corrected chi connectivity index (χ1v) is 4.84. The Balaban J connectivity index is 2.67. The summed E-state index contributed by atoms with van der Waals surface area (Å²) in [6.45, 7) is 4.38. The molecule has 0 saturated carbocycles.